The second kappa shape index (κ2) is 43.7. The largest absolute Gasteiger partial charge is 0.613 e. The number of phenolic OH excluding ortho intramolecular Hbond substituents is 3. The molecule has 9 heterocycles. The third kappa shape index (κ3) is 25.8. The molecular formula is C72H102F3N21O21P3+3. The number of phenols is 3. The van der Waals surface area contributed by atoms with Crippen molar-refractivity contribution in [3.05, 3.63) is 110 Å². The number of nitrogen functional groups attached to an aromatic ring is 3. The van der Waals surface area contributed by atoms with E-state index >= 15 is 13.2 Å². The van der Waals surface area contributed by atoms with Crippen molar-refractivity contribution in [3.63, 3.8) is 0 Å². The number of aliphatic hydroxyl groups excluding tert-OH is 3. The van der Waals surface area contributed by atoms with Crippen LogP contribution in [0.1, 0.15) is 102 Å². The van der Waals surface area contributed by atoms with Crippen molar-refractivity contribution >= 4 is 111 Å². The summed E-state index contributed by atoms with van der Waals surface area (Å²) in [7, 11) is -2.68. The molecule has 0 amide bonds. The van der Waals surface area contributed by atoms with Crippen LogP contribution in [-0.4, -0.2) is 238 Å². The summed E-state index contributed by atoms with van der Waals surface area (Å²) in [6.45, 7) is 16.8. The first-order valence-corrected chi connectivity index (χ1v) is 40.6. The van der Waals surface area contributed by atoms with Crippen molar-refractivity contribution in [2.24, 2.45) is 0 Å². The number of rotatable bonds is 27. The van der Waals surface area contributed by atoms with E-state index < -0.39 is 153 Å². The number of nitrogens with zero attached hydrogens (tertiary/aromatic N) is 12. The predicted molar refractivity (Wildman–Crippen MR) is 433 cm³/mol. The van der Waals surface area contributed by atoms with Crippen LogP contribution in [0.2, 0.25) is 0 Å². The van der Waals surface area contributed by atoms with Crippen LogP contribution in [0.5, 0.6) is 17.2 Å². The Morgan fingerprint density at radius 2 is 0.658 bits per heavy atom. The Morgan fingerprint density at radius 3 is 0.850 bits per heavy atom. The van der Waals surface area contributed by atoms with Crippen LogP contribution in [0, 0.1) is 0 Å². The molecule has 12 rings (SSSR count). The maximum Gasteiger partial charge on any atom is 0.613 e. The summed E-state index contributed by atoms with van der Waals surface area (Å²) in [5, 5.41) is 73.3. The minimum atomic E-state index is -2.52. The number of carbonyl (C=O) groups is 3. The first kappa shape index (κ1) is 96.7. The zero-order valence-corrected chi connectivity index (χ0v) is 70.7. The number of hydrogen-bond acceptors (Lipinski definition) is 36. The highest BCUT2D eigenvalue weighted by atomic mass is 31.1. The lowest BCUT2D eigenvalue weighted by atomic mass is 9.98. The minimum Gasteiger partial charge on any atom is -0.508 e. The van der Waals surface area contributed by atoms with Crippen LogP contribution in [0.3, 0.4) is 0 Å². The van der Waals surface area contributed by atoms with Gasteiger partial charge < -0.3 is 92.2 Å². The number of imidazole rings is 3. The molecular weight excluding hydrogens is 1640 g/mol. The molecule has 120 heavy (non-hydrogen) atoms. The van der Waals surface area contributed by atoms with E-state index in [0.717, 1.165) is 0 Å². The Labute approximate surface area is 689 Å². The fourth-order valence-electron chi connectivity index (χ4n) is 11.3. The van der Waals surface area contributed by atoms with Gasteiger partial charge in [0, 0.05) is 21.1 Å². The molecule has 9 aromatic rings. The number of anilines is 6. The SMILES string of the molecule is CNc1nc(N)nc2c1ncn2[C@@H]1O[C@H](CO[P+](=O)N[C@@H](C)C(=O)OC(C)C)[C@@H](O)[C@@]1(C)F.CNc1nc(N)nc2c1ncn2[C@@H]1O[C@H](CO[P+](=O)N[C@@H](C)C(=O)OC(C)C)[C@@H](O)[C@@]1(C)F.CNc1nc(N)nc2c1ncn2[C@@H]1O[C@H](CO[P+](=O)N[C@@H](C)C(=O)OC(C)C)[C@@H](O)[C@@]1(C)F.Oc1ccccc1.Oc1ccccc1.Oc1ccccc1. The van der Waals surface area contributed by atoms with E-state index in [2.05, 4.69) is 76.1 Å². The van der Waals surface area contributed by atoms with Gasteiger partial charge in [-0.15, -0.1) is 13.6 Å². The highest BCUT2D eigenvalue weighted by Gasteiger charge is 2.59. The molecule has 654 valence electrons. The summed E-state index contributed by atoms with van der Waals surface area (Å²) in [4.78, 5) is 72.5. The van der Waals surface area contributed by atoms with Gasteiger partial charge in [-0.1, -0.05) is 69.9 Å². The van der Waals surface area contributed by atoms with Crippen molar-refractivity contribution in [2.75, 3.05) is 74.1 Å². The van der Waals surface area contributed by atoms with E-state index in [-0.39, 0.29) is 53.1 Å². The number of carbonyl (C=O) groups excluding carboxylic acids is 3. The fourth-order valence-corrected chi connectivity index (χ4v) is 13.7. The number of hydrogen-bond donors (Lipinski definition) is 15. The van der Waals surface area contributed by atoms with Gasteiger partial charge in [-0.3, -0.25) is 28.1 Å². The molecule has 18 N–H and O–H groups in total. The van der Waals surface area contributed by atoms with Gasteiger partial charge in [0.1, 0.15) is 91.8 Å². The van der Waals surface area contributed by atoms with E-state index in [1.807, 2.05) is 18.2 Å². The molecule has 3 fully saturated rings. The summed E-state index contributed by atoms with van der Waals surface area (Å²) in [5.74, 6) is 0.0594. The maximum absolute atomic E-state index is 15.5. The lowest BCUT2D eigenvalue weighted by Gasteiger charge is -2.24. The Morgan fingerprint density at radius 1 is 0.433 bits per heavy atom. The van der Waals surface area contributed by atoms with Crippen molar-refractivity contribution in [3.8, 4) is 17.2 Å². The molecule has 18 atom stereocenters. The third-order valence-corrected chi connectivity index (χ3v) is 20.2. The molecule has 42 nitrogen and oxygen atoms in total. The lowest BCUT2D eigenvalue weighted by Crippen LogP contribution is -2.40. The highest BCUT2D eigenvalue weighted by molar-refractivity contribution is 7.37. The zero-order chi connectivity index (χ0) is 88.8. The normalized spacial score (nSPS) is 23.4. The topological polar surface area (TPSA) is 588 Å². The Kier molecular flexibility index (Phi) is 35.2. The van der Waals surface area contributed by atoms with Gasteiger partial charge >= 0.3 is 42.4 Å². The van der Waals surface area contributed by atoms with Gasteiger partial charge in [-0.2, -0.15) is 29.9 Å². The molecule has 6 aromatic heterocycles. The molecule has 3 unspecified atom stereocenters. The molecule has 0 radical (unpaired) electrons. The molecule has 3 aliphatic heterocycles. The van der Waals surface area contributed by atoms with Crippen LogP contribution in [0.15, 0.2) is 110 Å². The Bertz CT molecular complexity index is 4410. The van der Waals surface area contributed by atoms with E-state index in [1.165, 1.54) is 74.2 Å². The Balaban J connectivity index is 0.000000219. The van der Waals surface area contributed by atoms with Crippen molar-refractivity contribution in [1.29, 1.82) is 0 Å². The molecule has 3 saturated heterocycles. The van der Waals surface area contributed by atoms with E-state index in [4.69, 9.17) is 74.5 Å². The average molecular weight is 1750 g/mol. The monoisotopic (exact) mass is 1750 g/mol. The van der Waals surface area contributed by atoms with E-state index in [9.17, 15) is 43.4 Å². The van der Waals surface area contributed by atoms with Crippen LogP contribution in [-0.2, 0) is 70.1 Å². The maximum atomic E-state index is 15.5. The molecule has 0 bridgehead atoms. The first-order valence-electron chi connectivity index (χ1n) is 37.1. The zero-order valence-electron chi connectivity index (χ0n) is 68.1. The number of aliphatic hydroxyl groups is 3. The number of benzene rings is 3. The van der Waals surface area contributed by atoms with Crippen molar-refractivity contribution < 1.29 is 114 Å². The van der Waals surface area contributed by atoms with Gasteiger partial charge in [0.25, 0.3) is 0 Å². The average Bonchev–Trinajstić information content (AvgIpc) is 1.61. The van der Waals surface area contributed by atoms with Gasteiger partial charge in [0.05, 0.1) is 37.3 Å². The third-order valence-electron chi connectivity index (χ3n) is 17.3. The van der Waals surface area contributed by atoms with Crippen LogP contribution < -0.4 is 48.4 Å². The number of fused-ring (bicyclic) bond motifs is 3. The number of aromatic hydroxyl groups is 3. The lowest BCUT2D eigenvalue weighted by molar-refractivity contribution is -0.149. The summed E-state index contributed by atoms with van der Waals surface area (Å²) >= 11 is 0. The summed E-state index contributed by atoms with van der Waals surface area (Å²) in [6, 6.07) is 23.5. The second-order valence-electron chi connectivity index (χ2n) is 28.1. The molecule has 0 spiro atoms. The molecule has 3 aromatic carbocycles. The number of ether oxygens (including phenoxy) is 6. The highest BCUT2D eigenvalue weighted by Crippen LogP contribution is 2.47. The van der Waals surface area contributed by atoms with Crippen LogP contribution in [0.4, 0.5) is 48.5 Å². The Hall–Kier alpha value is -10.5. The van der Waals surface area contributed by atoms with Gasteiger partial charge in [0.15, 0.2) is 86.6 Å². The van der Waals surface area contributed by atoms with Crippen LogP contribution in [0.25, 0.3) is 33.5 Å². The predicted octanol–water partition coefficient (Wildman–Crippen LogP) is 7.30. The molecule has 3 aliphatic rings. The number of nitrogens with two attached hydrogens (primary N) is 3. The van der Waals surface area contributed by atoms with E-state index in [0.29, 0.717) is 51.3 Å². The number of nitrogens with one attached hydrogen (secondary N) is 6. The minimum absolute atomic E-state index is 0.0548. The second-order valence-corrected chi connectivity index (χ2v) is 31.1. The van der Waals surface area contributed by atoms with Crippen LogP contribution >= 0.6 is 24.5 Å². The van der Waals surface area contributed by atoms with Gasteiger partial charge in [-0.05, 0) is 133 Å². The number of halogens is 3. The number of aromatic nitrogens is 12. The molecule has 48 heteroatoms. The first-order chi connectivity index (χ1) is 56.5. The molecule has 0 saturated carbocycles. The van der Waals surface area contributed by atoms with E-state index in [1.54, 1.807) is 135 Å². The van der Waals surface area contributed by atoms with Gasteiger partial charge in [-0.25, -0.2) is 28.1 Å². The summed E-state index contributed by atoms with van der Waals surface area (Å²) in [6.07, 6.45) is -9.37. The summed E-state index contributed by atoms with van der Waals surface area (Å²) in [5.41, 5.74) is 12.1. The quantitative estimate of drug-likeness (QED) is 0.0136. The van der Waals surface area contributed by atoms with Crippen molar-refractivity contribution in [2.45, 2.75) is 192 Å². The smallest absolute Gasteiger partial charge is 0.508 e. The number of para-hydroxylation sites is 3. The molecule has 0 aliphatic carbocycles. The standard InChI is InChI=1S/3C18H28FN7O6P.3C6H6O/c3*1-8(2)31-15(28)9(3)25-33(29)30-6-10-12(27)18(4,19)16(32-10)26-7-22-11-13(21-5)23-17(20)24-14(11)26;3*7-6-4-2-1-3-5-6/h3*7-10,12,16,27H,6H2,1-5H3,(H,25,29)(H3,20,21,23,24);3*1-5,7H/q3*+1;;;/t3*9-,10+,12+,16+,18+;;;/m000.../s1. The summed E-state index contributed by atoms with van der Waals surface area (Å²) < 4.78 is 135. The number of alkyl halides is 3. The fraction of sp³-hybridized carbons (Fsp3) is 0.500. The van der Waals surface area contributed by atoms with Crippen molar-refractivity contribution in [1.82, 2.24) is 73.8 Å². The van der Waals surface area contributed by atoms with Gasteiger partial charge in [0.2, 0.25) is 17.8 Å². The number of esters is 3.